The van der Waals surface area contributed by atoms with Crippen LogP contribution in [0.5, 0.6) is 0 Å². The Hall–Kier alpha value is -8.62. The molecule has 10 atom stereocenters. The van der Waals surface area contributed by atoms with E-state index in [-0.39, 0.29) is 71.3 Å². The van der Waals surface area contributed by atoms with Gasteiger partial charge in [0.05, 0.1) is 65.1 Å². The van der Waals surface area contributed by atoms with Crippen molar-refractivity contribution in [3.8, 4) is 0 Å². The van der Waals surface area contributed by atoms with Gasteiger partial charge in [0.2, 0.25) is 11.9 Å². The van der Waals surface area contributed by atoms with Crippen LogP contribution in [0.1, 0.15) is 161 Å². The summed E-state index contributed by atoms with van der Waals surface area (Å²) in [5.74, 6) is -0.780. The maximum Gasteiger partial charge on any atom is 0.373 e. The van der Waals surface area contributed by atoms with Crippen LogP contribution in [-0.4, -0.2) is 199 Å². The Bertz CT molecular complexity index is 4350. The summed E-state index contributed by atoms with van der Waals surface area (Å²) in [6.07, 6.45) is 19.3. The van der Waals surface area contributed by atoms with Crippen molar-refractivity contribution in [1.29, 1.82) is 0 Å². The number of aromatic nitrogens is 5. The minimum atomic E-state index is -2.18. The molecule has 1 aliphatic carbocycles. The molecule has 13 rings (SSSR count). The van der Waals surface area contributed by atoms with Gasteiger partial charge in [-0.25, -0.2) is 14.8 Å². The molecule has 2 amide bonds. The number of esters is 1. The molecule has 6 aromatic rings. The summed E-state index contributed by atoms with van der Waals surface area (Å²) in [4.78, 5) is 125. The monoisotopic (exact) mass is 1500 g/mol. The minimum absolute atomic E-state index is 0.0283. The van der Waals surface area contributed by atoms with Crippen molar-refractivity contribution < 1.29 is 62.8 Å². The lowest BCUT2D eigenvalue weighted by Gasteiger charge is -2.65. The highest BCUT2D eigenvalue weighted by Crippen LogP contribution is 2.70. The van der Waals surface area contributed by atoms with Crippen LogP contribution >= 0.6 is 0 Å². The highest BCUT2D eigenvalue weighted by Gasteiger charge is 2.79. The number of ether oxygens (including phenoxy) is 3. The highest BCUT2D eigenvalue weighted by molar-refractivity contribution is 6.80. The van der Waals surface area contributed by atoms with Gasteiger partial charge in [-0.05, 0) is 149 Å². The third-order valence-corrected chi connectivity index (χ3v) is 30.6. The Kier molecular flexibility index (Phi) is 26.0. The first-order valence-corrected chi connectivity index (χ1v) is 41.6. The molecule has 1 spiro atoms. The smallest absolute Gasteiger partial charge is 0.373 e. The van der Waals surface area contributed by atoms with Crippen molar-refractivity contribution in [2.24, 2.45) is 17.3 Å². The van der Waals surface area contributed by atoms with Gasteiger partial charge in [0.15, 0.2) is 16.8 Å². The predicted octanol–water partition coefficient (Wildman–Crippen LogP) is 8.39. The maximum atomic E-state index is 15.5. The first kappa shape index (κ1) is 80.4. The van der Waals surface area contributed by atoms with Crippen LogP contribution in [0.3, 0.4) is 0 Å². The number of methoxy groups -OCH3 is 1. The van der Waals surface area contributed by atoms with Crippen LogP contribution in [0.15, 0.2) is 83.8 Å². The quantitative estimate of drug-likeness (QED) is 0.00945. The summed E-state index contributed by atoms with van der Waals surface area (Å²) in [6, 6.07) is 24.4. The number of aromatic amines is 2. The number of ketones is 1. The van der Waals surface area contributed by atoms with Gasteiger partial charge in [0, 0.05) is 134 Å². The number of nitrogens with two attached hydrogens (primary N) is 1. The van der Waals surface area contributed by atoms with E-state index >= 15 is 4.79 Å². The number of benzene rings is 3. The van der Waals surface area contributed by atoms with E-state index in [0.717, 1.165) is 131 Å². The Balaban J connectivity index is 0.00000187. The fraction of sp³-hybridized carbons (Fsp3) is 0.580. The number of aliphatic hydroxyl groups is 2. The van der Waals surface area contributed by atoms with Gasteiger partial charge in [-0.15, -0.1) is 0 Å². The average molecular weight is 1500 g/mol. The number of nitrogens with one attached hydrogen (secondary N) is 5. The number of nitrogen functional groups attached to an aromatic ring is 1. The lowest BCUT2D eigenvalue weighted by molar-refractivity contribution is -0.197. The van der Waals surface area contributed by atoms with Crippen LogP contribution in [0.4, 0.5) is 17.3 Å². The maximum absolute atomic E-state index is 15.5. The zero-order valence-corrected chi connectivity index (χ0v) is 64.5. The Morgan fingerprint density at radius 1 is 0.824 bits per heavy atom. The molecular formula is C81H108N12O14Si. The van der Waals surface area contributed by atoms with Crippen molar-refractivity contribution in [1.82, 2.24) is 45.4 Å². The summed E-state index contributed by atoms with van der Waals surface area (Å²) >= 11 is 0. The largest absolute Gasteiger partial charge is 0.467 e. The molecular weight excluding hydrogens is 1390 g/mol. The highest BCUT2D eigenvalue weighted by atomic mass is 28.3. The molecule has 9 N–H and O–H groups in total. The fourth-order valence-corrected chi connectivity index (χ4v) is 26.4. The Morgan fingerprint density at radius 2 is 1.56 bits per heavy atom. The van der Waals surface area contributed by atoms with Crippen LogP contribution < -0.4 is 32.1 Å². The van der Waals surface area contributed by atoms with Crippen molar-refractivity contribution in [2.75, 3.05) is 102 Å². The Labute approximate surface area is 631 Å². The zero-order valence-electron chi connectivity index (χ0n) is 63.5. The molecule has 1 saturated carbocycles. The SMILES string of the molecule is CC[C@]1(O)CC2CN(CCc3c([nH]c4ccccc34)[C@@](C)(c3cc4c(cc3C)N(C)[C@H]3[C@@](O)(C(=O)OC)[C@H](C[Si]5(CCCCC(=O)CCCOCCOCCNC(=O)CCCNC(=O)c6ccc(NCc7cnc8nc(N)[nH]c(=O)c8n7)cc6)CCCCC5)[C@]5(CC)C=CCN6CC[C@]43[C@@H]65)C2)C1.O=C=O.O=C=O. The van der Waals surface area contributed by atoms with Crippen molar-refractivity contribution in [3.63, 3.8) is 0 Å². The molecule has 3 saturated heterocycles. The molecule has 26 nitrogen and oxygen atoms in total. The van der Waals surface area contributed by atoms with Gasteiger partial charge < -0.3 is 56.0 Å². The number of H-pyrrole nitrogens is 2. The standard InChI is InChI=1S/C79H108N12O10Si.2CO2/c1-7-76(97)46-53-45-75(4,67-59(28-34-90(49-53)51-76)58-21-10-11-22-62(58)86-67)60-44-61-63(43-52(60)3)89(5)72-78(61)30-35-91-33-18-29-77(8-2,71(78)91)64(79(72,98)73(96)99-6)50-102(40-13-9-14-41-102)42-15-12-19-57(92)20-17-36-100-38-39-101-37-32-81-65(93)23-16-31-82-69(94)54-24-26-55(27-25-54)83-47-56-48-84-68-66(85-56)70(95)88-74(80)87-68;2*2-1-3/h10-11,18,21-22,24-27,29,43-44,48,53,64,71-72,83,86,97-98H,7-9,12-17,19-20,23,28,30-42,45-47,49-51H2,1-6H3,(H,81,93)(H,82,94)(H3,80,84,87,88,95);;/t53?,64-,71+,72-,75-,76+,77+,78-,79-;;/m1../s1. The third-order valence-electron chi connectivity index (χ3n) is 25.1. The van der Waals surface area contributed by atoms with Crippen molar-refractivity contribution >= 4 is 83.3 Å². The van der Waals surface area contributed by atoms with E-state index in [1.807, 2.05) is 0 Å². The van der Waals surface area contributed by atoms with E-state index in [4.69, 9.17) is 39.1 Å². The number of likely N-dealkylation sites (N-methyl/N-ethyl adjacent to an activating group) is 1. The number of rotatable bonds is 29. The molecule has 6 aliphatic heterocycles. The van der Waals surface area contributed by atoms with Crippen LogP contribution in [0.2, 0.25) is 24.2 Å². The van der Waals surface area contributed by atoms with Gasteiger partial charge in [-0.1, -0.05) is 94.1 Å². The first-order valence-electron chi connectivity index (χ1n) is 38.8. The number of aryl methyl sites for hydroxylation is 1. The topological polar surface area (TPSA) is 364 Å². The Morgan fingerprint density at radius 3 is 2.31 bits per heavy atom. The average Bonchev–Trinajstić information content (AvgIpc) is 1.46. The van der Waals surface area contributed by atoms with Gasteiger partial charge in [-0.2, -0.15) is 24.2 Å². The molecule has 7 aliphatic rings. The second kappa shape index (κ2) is 34.9. The number of hydrogen-bond donors (Lipinski definition) is 8. The second-order valence-corrected chi connectivity index (χ2v) is 36.4. The van der Waals surface area contributed by atoms with Gasteiger partial charge in [0.1, 0.15) is 5.78 Å². The zero-order chi connectivity index (χ0) is 77.0. The number of carbonyl (C=O) groups is 4. The van der Waals surface area contributed by atoms with E-state index < -0.39 is 53.1 Å². The molecule has 0 radical (unpaired) electrons. The number of fused-ring (bicyclic) bond motifs is 7. The van der Waals surface area contributed by atoms with E-state index in [0.29, 0.717) is 89.5 Å². The summed E-state index contributed by atoms with van der Waals surface area (Å²) in [5, 5.41) is 36.9. The molecule has 3 aromatic heterocycles. The number of unbranched alkanes of at least 4 members (excludes halogenated alkanes) is 1. The number of para-hydroxylation sites is 1. The number of Topliss-reactive ketones (excluding diaryl/α,β-unsaturated/α-hetero) is 1. The van der Waals surface area contributed by atoms with Crippen molar-refractivity contribution in [2.45, 2.75) is 195 Å². The van der Waals surface area contributed by atoms with E-state index in [1.54, 1.807) is 24.3 Å². The number of amides is 2. The molecule has 2 unspecified atom stereocenters. The molecule has 580 valence electrons. The number of nitrogens with zero attached hydrogens (tertiary/aromatic N) is 6. The summed E-state index contributed by atoms with van der Waals surface area (Å²) in [6.45, 7) is 16.0. The number of hydrogen-bond acceptors (Lipinski definition) is 22. The molecule has 3 aromatic carbocycles. The predicted molar refractivity (Wildman–Crippen MR) is 409 cm³/mol. The van der Waals surface area contributed by atoms with Crippen LogP contribution in [-0.2, 0) is 71.6 Å². The molecule has 108 heavy (non-hydrogen) atoms. The van der Waals surface area contributed by atoms with Gasteiger partial charge in [-0.3, -0.25) is 34.0 Å². The number of carbonyl (C=O) groups excluding carboxylic acids is 8. The second-order valence-electron chi connectivity index (χ2n) is 31.4. The summed E-state index contributed by atoms with van der Waals surface area (Å²) in [5.41, 5.74) is 11.7. The molecule has 27 heteroatoms. The van der Waals surface area contributed by atoms with Gasteiger partial charge >= 0.3 is 18.3 Å². The van der Waals surface area contributed by atoms with E-state index in [1.165, 1.54) is 53.1 Å². The summed E-state index contributed by atoms with van der Waals surface area (Å²) < 4.78 is 17.5. The lowest BCUT2D eigenvalue weighted by atomic mass is 9.45. The lowest BCUT2D eigenvalue weighted by Crippen LogP contribution is -2.79. The molecule has 2 bridgehead atoms. The third kappa shape index (κ3) is 16.5. The van der Waals surface area contributed by atoms with E-state index in [2.05, 4.69) is 139 Å². The summed E-state index contributed by atoms with van der Waals surface area (Å²) in [7, 11) is 1.45. The van der Waals surface area contributed by atoms with E-state index in [9.17, 15) is 29.4 Å². The normalized spacial score (nSPS) is 26.4. The first-order chi connectivity index (χ1) is 52.0. The van der Waals surface area contributed by atoms with Crippen LogP contribution in [0.25, 0.3) is 22.1 Å². The number of anilines is 3. The fourth-order valence-electron chi connectivity index (χ4n) is 20.5. The molecule has 9 heterocycles. The van der Waals surface area contributed by atoms with Crippen LogP contribution in [0, 0.1) is 24.2 Å². The van der Waals surface area contributed by atoms with Gasteiger partial charge in [0.25, 0.3) is 11.5 Å². The minimum Gasteiger partial charge on any atom is -0.467 e. The number of piperidine rings is 1. The van der Waals surface area contributed by atoms with Crippen molar-refractivity contribution in [3.05, 3.63) is 129 Å². The molecule has 4 fully saturated rings.